The van der Waals surface area contributed by atoms with E-state index in [1.807, 2.05) is 6.92 Å². The SMILES string of the molecule is CC(NC(=O)c1ccc(C(=O)O)s1)C1CCOCC1. The Bertz CT molecular complexity index is 465. The number of thiophene rings is 1. The molecule has 1 aliphatic heterocycles. The average Bonchev–Trinajstić information content (AvgIpc) is 2.89. The summed E-state index contributed by atoms with van der Waals surface area (Å²) in [6.45, 7) is 3.47. The maximum Gasteiger partial charge on any atom is 0.345 e. The number of hydrogen-bond acceptors (Lipinski definition) is 4. The Hall–Kier alpha value is -1.40. The lowest BCUT2D eigenvalue weighted by Gasteiger charge is -2.28. The van der Waals surface area contributed by atoms with Gasteiger partial charge < -0.3 is 15.2 Å². The molecule has 1 aliphatic rings. The molecule has 0 saturated carbocycles. The van der Waals surface area contributed by atoms with Gasteiger partial charge in [-0.15, -0.1) is 11.3 Å². The van der Waals surface area contributed by atoms with E-state index in [0.717, 1.165) is 37.4 Å². The van der Waals surface area contributed by atoms with Crippen LogP contribution >= 0.6 is 11.3 Å². The van der Waals surface area contributed by atoms with E-state index in [1.165, 1.54) is 6.07 Å². The van der Waals surface area contributed by atoms with Crippen molar-refractivity contribution in [2.24, 2.45) is 5.92 Å². The fourth-order valence-corrected chi connectivity index (χ4v) is 2.93. The molecule has 1 fully saturated rings. The van der Waals surface area contributed by atoms with E-state index in [-0.39, 0.29) is 16.8 Å². The van der Waals surface area contributed by atoms with Crippen molar-refractivity contribution in [3.63, 3.8) is 0 Å². The van der Waals surface area contributed by atoms with Gasteiger partial charge in [-0.05, 0) is 37.8 Å². The van der Waals surface area contributed by atoms with Crippen LogP contribution in [0.4, 0.5) is 0 Å². The fourth-order valence-electron chi connectivity index (χ4n) is 2.19. The number of carbonyl (C=O) groups is 2. The predicted octanol–water partition coefficient (Wildman–Crippen LogP) is 1.99. The summed E-state index contributed by atoms with van der Waals surface area (Å²) >= 11 is 1.00. The topological polar surface area (TPSA) is 75.6 Å². The van der Waals surface area contributed by atoms with Gasteiger partial charge in [0.05, 0.1) is 4.88 Å². The molecule has 2 heterocycles. The van der Waals surface area contributed by atoms with Gasteiger partial charge in [0.2, 0.25) is 0 Å². The number of ether oxygens (including phenoxy) is 1. The second-order valence-corrected chi connectivity index (χ2v) is 5.76. The predicted molar refractivity (Wildman–Crippen MR) is 71.7 cm³/mol. The van der Waals surface area contributed by atoms with E-state index in [2.05, 4.69) is 5.32 Å². The Morgan fingerprint density at radius 2 is 2.00 bits per heavy atom. The highest BCUT2D eigenvalue weighted by molar-refractivity contribution is 7.15. The maximum atomic E-state index is 12.0. The third kappa shape index (κ3) is 3.54. The maximum absolute atomic E-state index is 12.0. The Balaban J connectivity index is 1.93. The number of rotatable bonds is 4. The summed E-state index contributed by atoms with van der Waals surface area (Å²) in [6, 6.07) is 3.09. The highest BCUT2D eigenvalue weighted by atomic mass is 32.1. The largest absolute Gasteiger partial charge is 0.477 e. The molecule has 19 heavy (non-hydrogen) atoms. The smallest absolute Gasteiger partial charge is 0.345 e. The lowest BCUT2D eigenvalue weighted by atomic mass is 9.93. The lowest BCUT2D eigenvalue weighted by molar-refractivity contribution is 0.0539. The van der Waals surface area contributed by atoms with Crippen LogP contribution in [0.1, 0.15) is 39.1 Å². The van der Waals surface area contributed by atoms with Crippen LogP contribution in [0.3, 0.4) is 0 Å². The number of carboxylic acids is 1. The van der Waals surface area contributed by atoms with Crippen LogP contribution in [-0.2, 0) is 4.74 Å². The van der Waals surface area contributed by atoms with Crippen LogP contribution in [0.25, 0.3) is 0 Å². The molecular weight excluding hydrogens is 266 g/mol. The van der Waals surface area contributed by atoms with Gasteiger partial charge in [0.1, 0.15) is 4.88 Å². The lowest BCUT2D eigenvalue weighted by Crippen LogP contribution is -2.40. The fraction of sp³-hybridized carbons (Fsp3) is 0.538. The zero-order valence-electron chi connectivity index (χ0n) is 10.7. The second kappa shape index (κ2) is 6.16. The molecule has 6 heteroatoms. The van der Waals surface area contributed by atoms with Crippen molar-refractivity contribution >= 4 is 23.2 Å². The van der Waals surface area contributed by atoms with Gasteiger partial charge >= 0.3 is 5.97 Å². The molecule has 0 spiro atoms. The minimum Gasteiger partial charge on any atom is -0.477 e. The Labute approximate surface area is 115 Å². The molecule has 5 nitrogen and oxygen atoms in total. The van der Waals surface area contributed by atoms with Crippen molar-refractivity contribution in [2.75, 3.05) is 13.2 Å². The van der Waals surface area contributed by atoms with Crippen LogP contribution in [0.15, 0.2) is 12.1 Å². The van der Waals surface area contributed by atoms with Gasteiger partial charge in [-0.1, -0.05) is 0 Å². The zero-order valence-corrected chi connectivity index (χ0v) is 11.5. The number of carbonyl (C=O) groups excluding carboxylic acids is 1. The number of hydrogen-bond donors (Lipinski definition) is 2. The first-order chi connectivity index (χ1) is 9.08. The molecule has 0 aromatic carbocycles. The molecule has 2 rings (SSSR count). The van der Waals surface area contributed by atoms with Crippen LogP contribution in [0, 0.1) is 5.92 Å². The molecular formula is C13H17NO4S. The average molecular weight is 283 g/mol. The second-order valence-electron chi connectivity index (χ2n) is 4.68. The molecule has 1 aromatic heterocycles. The van der Waals surface area contributed by atoms with E-state index in [9.17, 15) is 9.59 Å². The van der Waals surface area contributed by atoms with Crippen LogP contribution in [0.5, 0.6) is 0 Å². The van der Waals surface area contributed by atoms with Gasteiger partial charge in [0.25, 0.3) is 5.91 Å². The monoisotopic (exact) mass is 283 g/mol. The van der Waals surface area contributed by atoms with Gasteiger partial charge in [0, 0.05) is 19.3 Å². The summed E-state index contributed by atoms with van der Waals surface area (Å²) in [5.74, 6) is -0.769. The number of carboxylic acid groups (broad SMARTS) is 1. The number of aromatic carboxylic acids is 1. The quantitative estimate of drug-likeness (QED) is 0.886. The first-order valence-corrected chi connectivity index (χ1v) is 7.11. The molecule has 1 aromatic rings. The van der Waals surface area contributed by atoms with E-state index in [1.54, 1.807) is 6.07 Å². The summed E-state index contributed by atoms with van der Waals surface area (Å²) in [5.41, 5.74) is 0. The minimum atomic E-state index is -0.999. The molecule has 1 unspecified atom stereocenters. The highest BCUT2D eigenvalue weighted by Crippen LogP contribution is 2.20. The molecule has 1 amide bonds. The van der Waals surface area contributed by atoms with Crippen molar-refractivity contribution in [3.8, 4) is 0 Å². The summed E-state index contributed by atoms with van der Waals surface area (Å²) < 4.78 is 5.29. The first kappa shape index (κ1) is 14.0. The third-order valence-corrected chi connectivity index (χ3v) is 4.44. The molecule has 0 radical (unpaired) electrons. The van der Waals surface area contributed by atoms with E-state index < -0.39 is 5.97 Å². The van der Waals surface area contributed by atoms with Crippen LogP contribution in [0.2, 0.25) is 0 Å². The van der Waals surface area contributed by atoms with Gasteiger partial charge in [-0.3, -0.25) is 4.79 Å². The highest BCUT2D eigenvalue weighted by Gasteiger charge is 2.23. The third-order valence-electron chi connectivity index (χ3n) is 3.37. The van der Waals surface area contributed by atoms with Crippen molar-refractivity contribution in [1.82, 2.24) is 5.32 Å². The Morgan fingerprint density at radius 3 is 2.58 bits per heavy atom. The van der Waals surface area contributed by atoms with Crippen LogP contribution in [-0.4, -0.2) is 36.2 Å². The standard InChI is InChI=1S/C13H17NO4S/c1-8(9-4-6-18-7-5-9)14-12(15)10-2-3-11(19-10)13(16)17/h2-3,8-9H,4-7H2,1H3,(H,14,15)(H,16,17). The summed E-state index contributed by atoms with van der Waals surface area (Å²) in [4.78, 5) is 23.4. The van der Waals surface area contributed by atoms with Gasteiger partial charge in [0.15, 0.2) is 0 Å². The Morgan fingerprint density at radius 1 is 1.37 bits per heavy atom. The van der Waals surface area contributed by atoms with Crippen molar-refractivity contribution < 1.29 is 19.4 Å². The van der Waals surface area contributed by atoms with Crippen molar-refractivity contribution in [1.29, 1.82) is 0 Å². The van der Waals surface area contributed by atoms with Gasteiger partial charge in [-0.25, -0.2) is 4.79 Å². The van der Waals surface area contributed by atoms with Crippen LogP contribution < -0.4 is 5.32 Å². The molecule has 1 saturated heterocycles. The Kier molecular flexibility index (Phi) is 4.55. The summed E-state index contributed by atoms with van der Waals surface area (Å²) in [5, 5.41) is 11.8. The molecule has 0 bridgehead atoms. The summed E-state index contributed by atoms with van der Waals surface area (Å²) in [7, 11) is 0. The first-order valence-electron chi connectivity index (χ1n) is 6.29. The minimum absolute atomic E-state index is 0.0757. The normalized spacial score (nSPS) is 17.9. The molecule has 1 atom stereocenters. The molecule has 0 aliphatic carbocycles. The van der Waals surface area contributed by atoms with Crippen molar-refractivity contribution in [2.45, 2.75) is 25.8 Å². The van der Waals surface area contributed by atoms with E-state index in [0.29, 0.717) is 10.8 Å². The zero-order chi connectivity index (χ0) is 13.8. The van der Waals surface area contributed by atoms with Crippen molar-refractivity contribution in [3.05, 3.63) is 21.9 Å². The molecule has 104 valence electrons. The molecule has 2 N–H and O–H groups in total. The number of amides is 1. The number of nitrogens with one attached hydrogen (secondary N) is 1. The summed E-state index contributed by atoms with van der Waals surface area (Å²) in [6.07, 6.45) is 1.90. The van der Waals surface area contributed by atoms with E-state index >= 15 is 0 Å². The van der Waals surface area contributed by atoms with E-state index in [4.69, 9.17) is 9.84 Å². The van der Waals surface area contributed by atoms with Gasteiger partial charge in [-0.2, -0.15) is 0 Å².